The number of nitrogens with two attached hydrogens (primary N) is 1. The minimum Gasteiger partial charge on any atom is -0.341 e. The molecule has 5 heteroatoms. The number of rotatable bonds is 4. The number of carbonyl (C=O) groups is 1. The summed E-state index contributed by atoms with van der Waals surface area (Å²) in [5.74, 6) is 0.00794. The van der Waals surface area contributed by atoms with E-state index in [0.29, 0.717) is 23.0 Å². The molecule has 1 aromatic rings. The summed E-state index contributed by atoms with van der Waals surface area (Å²) < 4.78 is 0. The van der Waals surface area contributed by atoms with Gasteiger partial charge in [-0.25, -0.2) is 0 Å². The molecular formula is C13H18Cl2N2O. The van der Waals surface area contributed by atoms with Gasteiger partial charge in [0.05, 0.1) is 10.0 Å². The maximum absolute atomic E-state index is 11.9. The first kappa shape index (κ1) is 15.3. The molecule has 0 fully saturated rings. The first-order chi connectivity index (χ1) is 8.19. The molecular weight excluding hydrogens is 271 g/mol. The van der Waals surface area contributed by atoms with Crippen molar-refractivity contribution in [1.29, 1.82) is 0 Å². The van der Waals surface area contributed by atoms with Crippen LogP contribution in [0, 0.1) is 0 Å². The van der Waals surface area contributed by atoms with Crippen LogP contribution >= 0.6 is 23.2 Å². The van der Waals surface area contributed by atoms with Crippen molar-refractivity contribution >= 4 is 29.1 Å². The molecule has 2 N–H and O–H groups in total. The fourth-order valence-electron chi connectivity index (χ4n) is 1.52. The van der Waals surface area contributed by atoms with Gasteiger partial charge < -0.3 is 10.6 Å². The van der Waals surface area contributed by atoms with Gasteiger partial charge in [0.1, 0.15) is 0 Å². The summed E-state index contributed by atoms with van der Waals surface area (Å²) in [6.07, 6.45) is 0.310. The normalized spacial score (nSPS) is 11.4. The van der Waals surface area contributed by atoms with E-state index in [9.17, 15) is 4.79 Å². The average Bonchev–Trinajstić information content (AvgIpc) is 2.21. The zero-order chi connectivity index (χ0) is 13.9. The van der Waals surface area contributed by atoms with Gasteiger partial charge in [-0.1, -0.05) is 29.3 Å². The molecule has 0 atom stereocenters. The second kappa shape index (κ2) is 5.91. The largest absolute Gasteiger partial charge is 0.341 e. The van der Waals surface area contributed by atoms with Crippen molar-refractivity contribution < 1.29 is 4.79 Å². The summed E-state index contributed by atoms with van der Waals surface area (Å²) in [5, 5.41) is 1.01. The molecule has 0 saturated carbocycles. The van der Waals surface area contributed by atoms with Gasteiger partial charge in [-0.05, 0) is 31.5 Å². The Morgan fingerprint density at radius 1 is 1.33 bits per heavy atom. The zero-order valence-electron chi connectivity index (χ0n) is 10.8. The highest BCUT2D eigenvalue weighted by atomic mass is 35.5. The van der Waals surface area contributed by atoms with Gasteiger partial charge in [-0.3, -0.25) is 4.79 Å². The molecule has 3 nitrogen and oxygen atoms in total. The molecule has 0 aromatic heterocycles. The van der Waals surface area contributed by atoms with E-state index < -0.39 is 5.54 Å². The quantitative estimate of drug-likeness (QED) is 0.926. The maximum Gasteiger partial charge on any atom is 0.224 e. The number of nitrogens with zero attached hydrogens (tertiary/aromatic N) is 1. The fourth-order valence-corrected chi connectivity index (χ4v) is 1.85. The smallest absolute Gasteiger partial charge is 0.224 e. The standard InChI is InChI=1S/C13H18Cl2N2O/c1-13(2,16)7-12(18)17(3)8-9-4-5-10(14)11(15)6-9/h4-6H,7-8,16H2,1-3H3. The first-order valence-corrected chi connectivity index (χ1v) is 6.41. The molecule has 0 heterocycles. The highest BCUT2D eigenvalue weighted by Crippen LogP contribution is 2.23. The SMILES string of the molecule is CN(Cc1ccc(Cl)c(Cl)c1)C(=O)CC(C)(C)N. The lowest BCUT2D eigenvalue weighted by atomic mass is 10.0. The molecule has 1 amide bonds. The predicted octanol–water partition coefficient (Wildman–Crippen LogP) is 3.08. The maximum atomic E-state index is 11.9. The highest BCUT2D eigenvalue weighted by Gasteiger charge is 2.19. The molecule has 0 radical (unpaired) electrons. The van der Waals surface area contributed by atoms with E-state index in [1.54, 1.807) is 24.1 Å². The molecule has 1 aromatic carbocycles. The predicted molar refractivity (Wildman–Crippen MR) is 75.8 cm³/mol. The van der Waals surface area contributed by atoms with Crippen LogP contribution in [0.15, 0.2) is 18.2 Å². The van der Waals surface area contributed by atoms with Crippen LogP contribution in [0.2, 0.25) is 10.0 Å². The molecule has 0 aliphatic rings. The van der Waals surface area contributed by atoms with Crippen molar-refractivity contribution in [3.63, 3.8) is 0 Å². The van der Waals surface area contributed by atoms with Crippen LogP contribution in [0.25, 0.3) is 0 Å². The lowest BCUT2D eigenvalue weighted by Crippen LogP contribution is -2.39. The topological polar surface area (TPSA) is 46.3 Å². The Hall–Kier alpha value is -0.770. The second-order valence-corrected chi connectivity index (χ2v) is 5.98. The van der Waals surface area contributed by atoms with Crippen LogP contribution in [0.5, 0.6) is 0 Å². The van der Waals surface area contributed by atoms with Crippen molar-refractivity contribution in [2.75, 3.05) is 7.05 Å². The van der Waals surface area contributed by atoms with Crippen LogP contribution in [0.3, 0.4) is 0 Å². The average molecular weight is 289 g/mol. The van der Waals surface area contributed by atoms with E-state index in [2.05, 4.69) is 0 Å². The third-order valence-corrected chi connectivity index (χ3v) is 3.18. The van der Waals surface area contributed by atoms with E-state index in [4.69, 9.17) is 28.9 Å². The lowest BCUT2D eigenvalue weighted by molar-refractivity contribution is -0.131. The molecule has 0 aliphatic heterocycles. The Bertz CT molecular complexity index is 441. The summed E-state index contributed by atoms with van der Waals surface area (Å²) >= 11 is 11.8. The molecule has 18 heavy (non-hydrogen) atoms. The minimum absolute atomic E-state index is 0.00794. The Morgan fingerprint density at radius 3 is 2.44 bits per heavy atom. The van der Waals surface area contributed by atoms with Gasteiger partial charge in [0.25, 0.3) is 0 Å². The number of hydrogen-bond donors (Lipinski definition) is 1. The summed E-state index contributed by atoms with van der Waals surface area (Å²) in [5.41, 5.74) is 6.27. The molecule has 0 saturated heterocycles. The number of benzene rings is 1. The van der Waals surface area contributed by atoms with Gasteiger partial charge in [-0.2, -0.15) is 0 Å². The summed E-state index contributed by atoms with van der Waals surface area (Å²) in [4.78, 5) is 13.5. The van der Waals surface area contributed by atoms with E-state index in [1.165, 1.54) is 0 Å². The number of amides is 1. The third-order valence-electron chi connectivity index (χ3n) is 2.44. The summed E-state index contributed by atoms with van der Waals surface area (Å²) in [6.45, 7) is 4.15. The number of halogens is 2. The molecule has 0 aliphatic carbocycles. The van der Waals surface area contributed by atoms with Gasteiger partial charge >= 0.3 is 0 Å². The first-order valence-electron chi connectivity index (χ1n) is 5.66. The van der Waals surface area contributed by atoms with E-state index in [0.717, 1.165) is 5.56 Å². The van der Waals surface area contributed by atoms with Gasteiger partial charge in [0.2, 0.25) is 5.91 Å². The van der Waals surface area contributed by atoms with Crippen molar-refractivity contribution in [3.8, 4) is 0 Å². The lowest BCUT2D eigenvalue weighted by Gasteiger charge is -2.23. The van der Waals surface area contributed by atoms with Crippen LogP contribution in [-0.4, -0.2) is 23.4 Å². The number of hydrogen-bond acceptors (Lipinski definition) is 2. The van der Waals surface area contributed by atoms with Crippen LogP contribution < -0.4 is 5.73 Å². The van der Waals surface area contributed by atoms with Crippen LogP contribution in [-0.2, 0) is 11.3 Å². The monoisotopic (exact) mass is 288 g/mol. The summed E-state index contributed by atoms with van der Waals surface area (Å²) in [6, 6.07) is 5.34. The van der Waals surface area contributed by atoms with Gasteiger partial charge in [-0.15, -0.1) is 0 Å². The van der Waals surface area contributed by atoms with Crippen LogP contribution in [0.1, 0.15) is 25.8 Å². The van der Waals surface area contributed by atoms with Crippen LogP contribution in [0.4, 0.5) is 0 Å². The Labute approximate surface area is 118 Å². The highest BCUT2D eigenvalue weighted by molar-refractivity contribution is 6.42. The Morgan fingerprint density at radius 2 is 1.94 bits per heavy atom. The third kappa shape index (κ3) is 4.84. The van der Waals surface area contributed by atoms with Gasteiger partial charge in [0, 0.05) is 25.6 Å². The summed E-state index contributed by atoms with van der Waals surface area (Å²) in [7, 11) is 1.75. The van der Waals surface area contributed by atoms with Crippen molar-refractivity contribution in [2.45, 2.75) is 32.4 Å². The molecule has 0 spiro atoms. The molecule has 0 unspecified atom stereocenters. The van der Waals surface area contributed by atoms with E-state index in [1.807, 2.05) is 19.9 Å². The van der Waals surface area contributed by atoms with Gasteiger partial charge in [0.15, 0.2) is 0 Å². The Kier molecular flexibility index (Phi) is 5.02. The number of carbonyl (C=O) groups excluding carboxylic acids is 1. The van der Waals surface area contributed by atoms with Crippen molar-refractivity contribution in [2.24, 2.45) is 5.73 Å². The minimum atomic E-state index is -0.497. The second-order valence-electron chi connectivity index (χ2n) is 5.16. The molecule has 0 bridgehead atoms. The zero-order valence-corrected chi connectivity index (χ0v) is 12.3. The van der Waals surface area contributed by atoms with Crippen molar-refractivity contribution in [1.82, 2.24) is 4.90 Å². The molecule has 100 valence electrons. The van der Waals surface area contributed by atoms with E-state index in [-0.39, 0.29) is 5.91 Å². The van der Waals surface area contributed by atoms with Crippen molar-refractivity contribution in [3.05, 3.63) is 33.8 Å². The molecule has 1 rings (SSSR count). The fraction of sp³-hybridized carbons (Fsp3) is 0.462. The Balaban J connectivity index is 2.66. The van der Waals surface area contributed by atoms with E-state index >= 15 is 0 Å².